The number of benzene rings is 1. The lowest BCUT2D eigenvalue weighted by Gasteiger charge is -1.86. The molecule has 1 aliphatic carbocycles. The van der Waals surface area contributed by atoms with E-state index >= 15 is 0 Å². The Balaban J connectivity index is 2.12. The van der Waals surface area contributed by atoms with E-state index in [-0.39, 0.29) is 0 Å². The lowest BCUT2D eigenvalue weighted by Crippen LogP contribution is -1.99. The van der Waals surface area contributed by atoms with Crippen LogP contribution >= 0.6 is 11.3 Å². The average molecular weight is 189 g/mol. The van der Waals surface area contributed by atoms with Gasteiger partial charge in [0.25, 0.3) is 0 Å². The minimum atomic E-state index is 0.424. The van der Waals surface area contributed by atoms with Crippen LogP contribution in [0.3, 0.4) is 0 Å². The van der Waals surface area contributed by atoms with Crippen LogP contribution in [0.1, 0.15) is 17.2 Å². The van der Waals surface area contributed by atoms with Gasteiger partial charge < -0.3 is 5.73 Å². The molecule has 1 nitrogen and oxygen atoms in total. The molecule has 3 rings (SSSR count). The summed E-state index contributed by atoms with van der Waals surface area (Å²) in [4.78, 5) is 1.47. The Bertz CT molecular complexity index is 413. The standard InChI is InChI=1S/C11H11NS/c12-9-6-8(9)11-5-7-3-1-2-4-10(7)13-11/h1-5,8-9H,6,12H2. The summed E-state index contributed by atoms with van der Waals surface area (Å²) >= 11 is 1.89. The summed E-state index contributed by atoms with van der Waals surface area (Å²) in [5.41, 5.74) is 5.83. The number of nitrogens with two attached hydrogens (primary N) is 1. The molecule has 0 aliphatic heterocycles. The molecule has 0 bridgehead atoms. The van der Waals surface area contributed by atoms with Gasteiger partial charge in [0.2, 0.25) is 0 Å². The average Bonchev–Trinajstić information content (AvgIpc) is 2.74. The molecule has 0 spiro atoms. The third-order valence-electron chi connectivity index (χ3n) is 2.65. The van der Waals surface area contributed by atoms with Crippen molar-refractivity contribution in [2.75, 3.05) is 0 Å². The maximum Gasteiger partial charge on any atom is 0.0345 e. The van der Waals surface area contributed by atoms with Gasteiger partial charge in [0.15, 0.2) is 0 Å². The van der Waals surface area contributed by atoms with E-state index in [1.807, 2.05) is 11.3 Å². The Hall–Kier alpha value is -0.860. The maximum atomic E-state index is 5.83. The summed E-state index contributed by atoms with van der Waals surface area (Å²) < 4.78 is 1.39. The predicted molar refractivity (Wildman–Crippen MR) is 57.2 cm³/mol. The molecule has 1 aromatic heterocycles. The smallest absolute Gasteiger partial charge is 0.0345 e. The van der Waals surface area contributed by atoms with Crippen LogP contribution < -0.4 is 5.73 Å². The van der Waals surface area contributed by atoms with E-state index in [0.29, 0.717) is 12.0 Å². The third kappa shape index (κ3) is 1.18. The Morgan fingerprint density at radius 1 is 1.31 bits per heavy atom. The fourth-order valence-corrected chi connectivity index (χ4v) is 2.98. The molecule has 1 saturated carbocycles. The number of hydrogen-bond donors (Lipinski definition) is 1. The minimum absolute atomic E-state index is 0.424. The van der Waals surface area contributed by atoms with Gasteiger partial charge >= 0.3 is 0 Å². The zero-order chi connectivity index (χ0) is 8.84. The molecule has 0 radical (unpaired) electrons. The van der Waals surface area contributed by atoms with Gasteiger partial charge in [0.1, 0.15) is 0 Å². The Labute approximate surface area is 81.2 Å². The predicted octanol–water partition coefficient (Wildman–Crippen LogP) is 2.72. The quantitative estimate of drug-likeness (QED) is 0.733. The van der Waals surface area contributed by atoms with E-state index in [1.54, 1.807) is 0 Å². The van der Waals surface area contributed by atoms with Crippen molar-refractivity contribution in [3.8, 4) is 0 Å². The molecule has 2 aromatic rings. The topological polar surface area (TPSA) is 26.0 Å². The zero-order valence-corrected chi connectivity index (χ0v) is 8.05. The van der Waals surface area contributed by atoms with Gasteiger partial charge in [-0.25, -0.2) is 0 Å². The summed E-state index contributed by atoms with van der Waals surface area (Å²) in [6, 6.07) is 11.2. The fourth-order valence-electron chi connectivity index (χ4n) is 1.73. The molecule has 13 heavy (non-hydrogen) atoms. The first kappa shape index (κ1) is 7.54. The monoisotopic (exact) mass is 189 g/mol. The SMILES string of the molecule is NC1CC1c1cc2ccccc2s1. The summed E-state index contributed by atoms with van der Waals surface area (Å²) in [6.45, 7) is 0. The summed E-state index contributed by atoms with van der Waals surface area (Å²) in [5, 5.41) is 1.36. The molecular weight excluding hydrogens is 178 g/mol. The highest BCUT2D eigenvalue weighted by molar-refractivity contribution is 7.19. The van der Waals surface area contributed by atoms with Crippen LogP contribution in [0.2, 0.25) is 0 Å². The van der Waals surface area contributed by atoms with Crippen molar-refractivity contribution in [2.24, 2.45) is 5.73 Å². The molecule has 1 fully saturated rings. The van der Waals surface area contributed by atoms with Crippen LogP contribution in [0.25, 0.3) is 10.1 Å². The van der Waals surface area contributed by atoms with Crippen molar-refractivity contribution in [2.45, 2.75) is 18.4 Å². The lowest BCUT2D eigenvalue weighted by atomic mass is 10.2. The highest BCUT2D eigenvalue weighted by atomic mass is 32.1. The van der Waals surface area contributed by atoms with Gasteiger partial charge in [-0.05, 0) is 23.9 Å². The highest BCUT2D eigenvalue weighted by Gasteiger charge is 2.35. The Kier molecular flexibility index (Phi) is 1.49. The normalized spacial score (nSPS) is 26.5. The molecule has 0 amide bonds. The maximum absolute atomic E-state index is 5.83. The number of fused-ring (bicyclic) bond motifs is 1. The summed E-state index contributed by atoms with van der Waals surface area (Å²) in [7, 11) is 0. The fraction of sp³-hybridized carbons (Fsp3) is 0.273. The van der Waals surface area contributed by atoms with Crippen LogP contribution in [0.4, 0.5) is 0 Å². The molecule has 2 N–H and O–H groups in total. The Morgan fingerprint density at radius 3 is 2.77 bits per heavy atom. The molecule has 1 aliphatic rings. The molecular formula is C11H11NS. The largest absolute Gasteiger partial charge is 0.327 e. The molecule has 1 heterocycles. The van der Waals surface area contributed by atoms with E-state index in [9.17, 15) is 0 Å². The second-order valence-corrected chi connectivity index (χ2v) is 4.81. The molecule has 2 heteroatoms. The van der Waals surface area contributed by atoms with Gasteiger partial charge in [-0.2, -0.15) is 0 Å². The van der Waals surface area contributed by atoms with Crippen LogP contribution in [-0.4, -0.2) is 6.04 Å². The van der Waals surface area contributed by atoms with E-state index in [4.69, 9.17) is 5.73 Å². The van der Waals surface area contributed by atoms with Crippen LogP contribution in [0.5, 0.6) is 0 Å². The first-order valence-corrected chi connectivity index (χ1v) is 5.40. The van der Waals surface area contributed by atoms with E-state index in [1.165, 1.54) is 21.4 Å². The minimum Gasteiger partial charge on any atom is -0.327 e. The van der Waals surface area contributed by atoms with Crippen LogP contribution in [-0.2, 0) is 0 Å². The van der Waals surface area contributed by atoms with Crippen molar-refractivity contribution in [3.05, 3.63) is 35.2 Å². The van der Waals surface area contributed by atoms with Gasteiger partial charge in [-0.1, -0.05) is 18.2 Å². The molecule has 2 unspecified atom stereocenters. The molecule has 66 valence electrons. The third-order valence-corrected chi connectivity index (χ3v) is 3.90. The highest BCUT2D eigenvalue weighted by Crippen LogP contribution is 2.43. The van der Waals surface area contributed by atoms with Gasteiger partial charge in [0, 0.05) is 21.5 Å². The van der Waals surface area contributed by atoms with E-state index in [2.05, 4.69) is 30.3 Å². The van der Waals surface area contributed by atoms with Crippen molar-refractivity contribution in [1.29, 1.82) is 0 Å². The summed E-state index contributed by atoms with van der Waals surface area (Å²) in [6.07, 6.45) is 1.17. The number of hydrogen-bond acceptors (Lipinski definition) is 2. The lowest BCUT2D eigenvalue weighted by molar-refractivity contribution is 1.01. The first-order chi connectivity index (χ1) is 6.34. The van der Waals surface area contributed by atoms with Gasteiger partial charge in [-0.3, -0.25) is 0 Å². The molecule has 1 aromatic carbocycles. The van der Waals surface area contributed by atoms with Crippen molar-refractivity contribution < 1.29 is 0 Å². The second-order valence-electron chi connectivity index (χ2n) is 3.69. The van der Waals surface area contributed by atoms with Crippen molar-refractivity contribution >= 4 is 21.4 Å². The summed E-state index contributed by atoms with van der Waals surface area (Å²) in [5.74, 6) is 0.650. The van der Waals surface area contributed by atoms with E-state index in [0.717, 1.165) is 0 Å². The van der Waals surface area contributed by atoms with Gasteiger partial charge in [-0.15, -0.1) is 11.3 Å². The number of rotatable bonds is 1. The van der Waals surface area contributed by atoms with Crippen LogP contribution in [0, 0.1) is 0 Å². The Morgan fingerprint density at radius 2 is 2.08 bits per heavy atom. The first-order valence-electron chi connectivity index (χ1n) is 4.58. The number of thiophene rings is 1. The van der Waals surface area contributed by atoms with Gasteiger partial charge in [0.05, 0.1) is 0 Å². The second kappa shape index (κ2) is 2.56. The van der Waals surface area contributed by atoms with Crippen molar-refractivity contribution in [3.63, 3.8) is 0 Å². The molecule has 0 saturated heterocycles. The van der Waals surface area contributed by atoms with E-state index < -0.39 is 0 Å². The van der Waals surface area contributed by atoms with Crippen LogP contribution in [0.15, 0.2) is 30.3 Å². The molecule has 2 atom stereocenters. The zero-order valence-electron chi connectivity index (χ0n) is 7.23. The van der Waals surface area contributed by atoms with Crippen molar-refractivity contribution in [1.82, 2.24) is 0 Å².